The van der Waals surface area contributed by atoms with Gasteiger partial charge < -0.3 is 14.0 Å². The molecule has 0 spiro atoms. The van der Waals surface area contributed by atoms with Gasteiger partial charge in [0.1, 0.15) is 11.5 Å². The summed E-state index contributed by atoms with van der Waals surface area (Å²) in [5, 5.41) is 0.187. The van der Waals surface area contributed by atoms with Crippen LogP contribution < -0.4 is 13.8 Å². The van der Waals surface area contributed by atoms with Crippen LogP contribution in [0, 0.1) is 0 Å². The van der Waals surface area contributed by atoms with Gasteiger partial charge in [-0.15, -0.1) is 0 Å². The molecule has 0 radical (unpaired) electrons. The number of carbonyl (C=O) groups is 1. The minimum atomic E-state index is -1.63. The molecule has 1 amide bonds. The monoisotopic (exact) mass is 412 g/mol. The van der Waals surface area contributed by atoms with Crippen molar-refractivity contribution in [1.29, 1.82) is 0 Å². The van der Waals surface area contributed by atoms with E-state index >= 15 is 0 Å². The van der Waals surface area contributed by atoms with E-state index < -0.39 is 11.2 Å². The zero-order chi connectivity index (χ0) is 19.6. The highest BCUT2D eigenvalue weighted by molar-refractivity contribution is 7.84. The van der Waals surface area contributed by atoms with Crippen molar-refractivity contribution in [3.05, 3.63) is 35.2 Å². The van der Waals surface area contributed by atoms with Gasteiger partial charge in [0.15, 0.2) is 11.5 Å². The molecule has 2 aromatic rings. The summed E-state index contributed by atoms with van der Waals surface area (Å²) in [6.45, 7) is 0.851. The normalized spacial score (nSPS) is 16.4. The summed E-state index contributed by atoms with van der Waals surface area (Å²) in [6.07, 6.45) is 1.37. The van der Waals surface area contributed by atoms with Crippen LogP contribution >= 0.6 is 11.6 Å². The van der Waals surface area contributed by atoms with Gasteiger partial charge in [-0.1, -0.05) is 0 Å². The van der Waals surface area contributed by atoms with Crippen molar-refractivity contribution >= 4 is 34.5 Å². The summed E-state index contributed by atoms with van der Waals surface area (Å²) >= 11 is 4.37. The van der Waals surface area contributed by atoms with E-state index in [1.54, 1.807) is 21.2 Å². The first kappa shape index (κ1) is 19.5. The Morgan fingerprint density at radius 3 is 2.48 bits per heavy atom. The van der Waals surface area contributed by atoms with Crippen LogP contribution in [0.4, 0.5) is 5.82 Å². The Morgan fingerprint density at radius 1 is 1.15 bits per heavy atom. The number of anilines is 1. The van der Waals surface area contributed by atoms with E-state index in [-0.39, 0.29) is 11.2 Å². The van der Waals surface area contributed by atoms with Gasteiger partial charge in [-0.25, -0.2) is 8.51 Å². The Kier molecular flexibility index (Phi) is 5.91. The molecule has 27 heavy (non-hydrogen) atoms. The van der Waals surface area contributed by atoms with Crippen molar-refractivity contribution < 1.29 is 18.5 Å². The van der Waals surface area contributed by atoms with Crippen molar-refractivity contribution in [2.75, 3.05) is 31.6 Å². The number of benzene rings is 1. The van der Waals surface area contributed by atoms with E-state index in [1.807, 2.05) is 24.3 Å². The molecular formula is C17H21ClN4O4S. The Hall–Kier alpha value is -2.26. The number of hydrogen-bond acceptors (Lipinski definition) is 5. The molecule has 1 atom stereocenters. The Balaban J connectivity index is 1.54. The second-order valence-electron chi connectivity index (χ2n) is 5.98. The number of amides is 1. The Morgan fingerprint density at radius 2 is 1.81 bits per heavy atom. The van der Waals surface area contributed by atoms with Crippen LogP contribution in [0.3, 0.4) is 0 Å². The molecule has 1 aromatic heterocycles. The van der Waals surface area contributed by atoms with Crippen LogP contribution in [0.2, 0.25) is 5.28 Å². The molecular weight excluding hydrogens is 392 g/mol. The number of hydrogen-bond donors (Lipinski definition) is 0. The Labute approximate surface area is 165 Å². The number of ether oxygens (including phenoxy) is 2. The lowest BCUT2D eigenvalue weighted by atomic mass is 10.3. The van der Waals surface area contributed by atoms with E-state index in [4.69, 9.17) is 21.1 Å². The summed E-state index contributed by atoms with van der Waals surface area (Å²) in [4.78, 5) is 16.8. The lowest BCUT2D eigenvalue weighted by Gasteiger charge is -2.31. The first-order valence-corrected chi connectivity index (χ1v) is 9.85. The van der Waals surface area contributed by atoms with E-state index in [2.05, 4.69) is 4.98 Å². The minimum Gasteiger partial charge on any atom is -0.497 e. The molecule has 3 rings (SSSR count). The number of nitrogens with zero attached hydrogens (tertiary/aromatic N) is 4. The largest absolute Gasteiger partial charge is 0.497 e. The third-order valence-corrected chi connectivity index (χ3v) is 5.96. The van der Waals surface area contributed by atoms with Gasteiger partial charge in [0.05, 0.1) is 13.7 Å². The summed E-state index contributed by atoms with van der Waals surface area (Å²) in [5.41, 5.74) is 0.344. The van der Waals surface area contributed by atoms with Gasteiger partial charge in [0, 0.05) is 20.6 Å². The zero-order valence-electron chi connectivity index (χ0n) is 15.3. The third kappa shape index (κ3) is 3.89. The molecule has 0 N–H and O–H groups in total. The quantitative estimate of drug-likeness (QED) is 0.653. The van der Waals surface area contributed by atoms with E-state index in [9.17, 15) is 9.00 Å². The molecule has 10 heteroatoms. The second kappa shape index (κ2) is 8.18. The number of rotatable bonds is 7. The Bertz CT molecular complexity index is 855. The molecule has 1 aliphatic heterocycles. The highest BCUT2D eigenvalue weighted by Crippen LogP contribution is 2.30. The molecule has 0 saturated heterocycles. The van der Waals surface area contributed by atoms with Crippen LogP contribution in [0.25, 0.3) is 0 Å². The fourth-order valence-electron chi connectivity index (χ4n) is 2.73. The van der Waals surface area contributed by atoms with Crippen LogP contribution in [0.5, 0.6) is 11.5 Å². The van der Waals surface area contributed by atoms with Gasteiger partial charge in [-0.3, -0.25) is 9.10 Å². The maximum atomic E-state index is 12.7. The average Bonchev–Trinajstić information content (AvgIpc) is 2.97. The van der Waals surface area contributed by atoms with Crippen LogP contribution in [0.1, 0.15) is 23.3 Å². The van der Waals surface area contributed by atoms with Crippen LogP contribution in [-0.4, -0.2) is 51.3 Å². The molecule has 1 aliphatic rings. The summed E-state index contributed by atoms with van der Waals surface area (Å²) in [6, 6.07) is 7.34. The number of methoxy groups -OCH3 is 1. The highest BCUT2D eigenvalue weighted by atomic mass is 35.5. The number of fused-ring (bicyclic) bond motifs is 1. The van der Waals surface area contributed by atoms with Gasteiger partial charge in [-0.05, 0) is 48.7 Å². The first-order chi connectivity index (χ1) is 12.9. The lowest BCUT2D eigenvalue weighted by Crippen LogP contribution is -2.46. The first-order valence-electron chi connectivity index (χ1n) is 8.40. The van der Waals surface area contributed by atoms with Gasteiger partial charge >= 0.3 is 0 Å². The van der Waals surface area contributed by atoms with Gasteiger partial charge in [0.25, 0.3) is 5.91 Å². The number of aromatic nitrogens is 2. The van der Waals surface area contributed by atoms with Crippen LogP contribution in [-0.2, 0) is 18.2 Å². The summed E-state index contributed by atoms with van der Waals surface area (Å²) < 4.78 is 27.6. The van der Waals surface area contributed by atoms with Crippen molar-refractivity contribution in [2.24, 2.45) is 7.05 Å². The number of carbonyl (C=O) groups excluding carboxylic acids is 1. The minimum absolute atomic E-state index is 0.187. The topological polar surface area (TPSA) is 76.9 Å². The van der Waals surface area contributed by atoms with Crippen molar-refractivity contribution in [1.82, 2.24) is 13.9 Å². The second-order valence-corrected chi connectivity index (χ2v) is 7.77. The molecule has 2 heterocycles. The predicted molar refractivity (Wildman–Crippen MR) is 104 cm³/mol. The standard InChI is InChI=1S/C17H21ClN4O4S/c1-20-14-15(19-17(20)18)21(2)27(24)22(16(14)23)10-4-5-11-26-13-8-6-12(25-3)7-9-13/h6-9H,4-5,10-11H2,1-3H3. The average molecular weight is 413 g/mol. The van der Waals surface area contributed by atoms with Crippen LogP contribution in [0.15, 0.2) is 24.3 Å². The highest BCUT2D eigenvalue weighted by Gasteiger charge is 2.38. The molecule has 0 fully saturated rings. The maximum absolute atomic E-state index is 12.7. The lowest BCUT2D eigenvalue weighted by molar-refractivity contribution is 0.0852. The molecule has 0 saturated carbocycles. The molecule has 0 bridgehead atoms. The molecule has 1 aromatic carbocycles. The summed E-state index contributed by atoms with van der Waals surface area (Å²) in [5.74, 6) is 1.53. The van der Waals surface area contributed by atoms with E-state index in [1.165, 1.54) is 13.2 Å². The zero-order valence-corrected chi connectivity index (χ0v) is 16.9. The molecule has 1 unspecified atom stereocenters. The smallest absolute Gasteiger partial charge is 0.287 e. The molecule has 8 nitrogen and oxygen atoms in total. The van der Waals surface area contributed by atoms with Crippen molar-refractivity contribution in [2.45, 2.75) is 12.8 Å². The van der Waals surface area contributed by atoms with Gasteiger partial charge in [0.2, 0.25) is 16.5 Å². The number of unbranched alkanes of at least 4 members (excludes halogenated alkanes) is 1. The summed E-state index contributed by atoms with van der Waals surface area (Å²) in [7, 11) is 4.90. The van der Waals surface area contributed by atoms with E-state index in [0.717, 1.165) is 17.9 Å². The maximum Gasteiger partial charge on any atom is 0.287 e. The molecule has 0 aliphatic carbocycles. The fraction of sp³-hybridized carbons (Fsp3) is 0.412. The number of halogens is 1. The fourth-order valence-corrected chi connectivity index (χ4v) is 3.98. The number of imidazole rings is 1. The molecule has 146 valence electrons. The SMILES string of the molecule is COc1ccc(OCCCCN2C(=O)c3c(nc(Cl)n3C)N(C)S2=O)cc1. The third-order valence-electron chi connectivity index (χ3n) is 4.26. The van der Waals surface area contributed by atoms with Crippen molar-refractivity contribution in [3.8, 4) is 11.5 Å². The van der Waals surface area contributed by atoms with E-state index in [0.29, 0.717) is 31.1 Å². The van der Waals surface area contributed by atoms with Gasteiger partial charge in [-0.2, -0.15) is 4.98 Å². The predicted octanol–water partition coefficient (Wildman–Crippen LogP) is 2.41. The van der Waals surface area contributed by atoms with Crippen molar-refractivity contribution in [3.63, 3.8) is 0 Å².